The Labute approximate surface area is 116 Å². The maximum absolute atomic E-state index is 12.0. The first-order chi connectivity index (χ1) is 9.65. The SMILES string of the molecule is Cn1c(=O)oc2ccc(CNC(=O)C3CCCC3)cc21. The van der Waals surface area contributed by atoms with E-state index >= 15 is 0 Å². The molecule has 0 bridgehead atoms. The number of nitrogens with one attached hydrogen (secondary N) is 1. The number of oxazole rings is 1. The minimum absolute atomic E-state index is 0.142. The number of aryl methyl sites for hydroxylation is 1. The maximum Gasteiger partial charge on any atom is 0.419 e. The summed E-state index contributed by atoms with van der Waals surface area (Å²) in [4.78, 5) is 23.4. The third kappa shape index (κ3) is 2.35. The molecule has 0 atom stereocenters. The van der Waals surface area contributed by atoms with Crippen LogP contribution in [0.25, 0.3) is 11.1 Å². The fraction of sp³-hybridized carbons (Fsp3) is 0.467. The molecule has 1 saturated carbocycles. The van der Waals surface area contributed by atoms with Crippen LogP contribution in [0.2, 0.25) is 0 Å². The van der Waals surface area contributed by atoms with Crippen LogP contribution in [0.5, 0.6) is 0 Å². The predicted octanol–water partition coefficient (Wildman–Crippen LogP) is 1.94. The molecular formula is C15H18N2O3. The lowest BCUT2D eigenvalue weighted by atomic mass is 10.1. The summed E-state index contributed by atoms with van der Waals surface area (Å²) in [5.41, 5.74) is 2.30. The van der Waals surface area contributed by atoms with Crippen LogP contribution in [0.4, 0.5) is 0 Å². The highest BCUT2D eigenvalue weighted by atomic mass is 16.4. The van der Waals surface area contributed by atoms with Gasteiger partial charge >= 0.3 is 5.76 Å². The lowest BCUT2D eigenvalue weighted by Crippen LogP contribution is -2.28. The molecule has 1 aromatic heterocycles. The van der Waals surface area contributed by atoms with Gasteiger partial charge in [-0.3, -0.25) is 9.36 Å². The molecule has 0 spiro atoms. The van der Waals surface area contributed by atoms with Gasteiger partial charge in [0.15, 0.2) is 5.58 Å². The molecule has 0 saturated heterocycles. The van der Waals surface area contributed by atoms with Gasteiger partial charge in [0.2, 0.25) is 5.91 Å². The highest BCUT2D eigenvalue weighted by molar-refractivity contribution is 5.79. The number of hydrogen-bond acceptors (Lipinski definition) is 3. The molecule has 1 N–H and O–H groups in total. The summed E-state index contributed by atoms with van der Waals surface area (Å²) in [7, 11) is 1.68. The highest BCUT2D eigenvalue weighted by Gasteiger charge is 2.22. The van der Waals surface area contributed by atoms with Crippen molar-refractivity contribution in [2.24, 2.45) is 13.0 Å². The fourth-order valence-electron chi connectivity index (χ4n) is 2.80. The third-order valence-corrected chi connectivity index (χ3v) is 4.05. The number of carbonyl (C=O) groups excluding carboxylic acids is 1. The molecule has 1 aliphatic carbocycles. The van der Waals surface area contributed by atoms with Gasteiger partial charge in [-0.05, 0) is 30.5 Å². The normalized spacial score (nSPS) is 15.8. The second-order valence-electron chi connectivity index (χ2n) is 5.43. The Kier molecular flexibility index (Phi) is 3.34. The van der Waals surface area contributed by atoms with E-state index < -0.39 is 0 Å². The molecule has 0 aliphatic heterocycles. The third-order valence-electron chi connectivity index (χ3n) is 4.05. The Morgan fingerprint density at radius 3 is 2.90 bits per heavy atom. The first kappa shape index (κ1) is 13.0. The van der Waals surface area contributed by atoms with Crippen LogP contribution < -0.4 is 11.1 Å². The molecular weight excluding hydrogens is 256 g/mol. The Balaban J connectivity index is 1.72. The minimum Gasteiger partial charge on any atom is -0.408 e. The largest absolute Gasteiger partial charge is 0.419 e. The van der Waals surface area contributed by atoms with E-state index in [4.69, 9.17) is 4.42 Å². The van der Waals surface area contributed by atoms with Gasteiger partial charge < -0.3 is 9.73 Å². The molecule has 106 valence electrons. The quantitative estimate of drug-likeness (QED) is 0.930. The van der Waals surface area contributed by atoms with Gasteiger partial charge in [0.25, 0.3) is 0 Å². The zero-order valence-electron chi connectivity index (χ0n) is 11.5. The van der Waals surface area contributed by atoms with Crippen LogP contribution in [0.1, 0.15) is 31.2 Å². The second kappa shape index (κ2) is 5.15. The predicted molar refractivity (Wildman–Crippen MR) is 75.3 cm³/mol. The molecule has 1 heterocycles. The summed E-state index contributed by atoms with van der Waals surface area (Å²) in [6.45, 7) is 0.491. The van der Waals surface area contributed by atoms with E-state index in [1.807, 2.05) is 12.1 Å². The van der Waals surface area contributed by atoms with Crippen LogP contribution >= 0.6 is 0 Å². The van der Waals surface area contributed by atoms with Crippen molar-refractivity contribution in [3.05, 3.63) is 34.3 Å². The highest BCUT2D eigenvalue weighted by Crippen LogP contribution is 2.24. The molecule has 1 amide bonds. The Morgan fingerprint density at radius 1 is 1.40 bits per heavy atom. The van der Waals surface area contributed by atoms with Crippen molar-refractivity contribution in [2.45, 2.75) is 32.2 Å². The Bertz CT molecular complexity index is 693. The molecule has 3 rings (SSSR count). The fourth-order valence-corrected chi connectivity index (χ4v) is 2.80. The van der Waals surface area contributed by atoms with E-state index in [1.54, 1.807) is 13.1 Å². The lowest BCUT2D eigenvalue weighted by Gasteiger charge is -2.10. The van der Waals surface area contributed by atoms with Crippen molar-refractivity contribution in [2.75, 3.05) is 0 Å². The van der Waals surface area contributed by atoms with Crippen molar-refractivity contribution >= 4 is 17.0 Å². The number of rotatable bonds is 3. The second-order valence-corrected chi connectivity index (χ2v) is 5.43. The first-order valence-corrected chi connectivity index (χ1v) is 7.01. The van der Waals surface area contributed by atoms with Gasteiger partial charge in [0.1, 0.15) is 0 Å². The molecule has 1 fully saturated rings. The number of benzene rings is 1. The first-order valence-electron chi connectivity index (χ1n) is 7.01. The molecule has 0 unspecified atom stereocenters. The van der Waals surface area contributed by atoms with Gasteiger partial charge in [0, 0.05) is 19.5 Å². The summed E-state index contributed by atoms with van der Waals surface area (Å²) < 4.78 is 6.55. The molecule has 5 nitrogen and oxygen atoms in total. The van der Waals surface area contributed by atoms with Crippen molar-refractivity contribution in [1.29, 1.82) is 0 Å². The van der Waals surface area contributed by atoms with Crippen molar-refractivity contribution in [3.8, 4) is 0 Å². The summed E-state index contributed by atoms with van der Waals surface area (Å²) in [5.74, 6) is -0.0483. The monoisotopic (exact) mass is 274 g/mol. The standard InChI is InChI=1S/C15H18N2O3/c1-17-12-8-10(6-7-13(12)20-15(17)19)9-16-14(18)11-4-2-3-5-11/h6-8,11H,2-5,9H2,1H3,(H,16,18). The van der Waals surface area contributed by atoms with Crippen LogP contribution in [0.15, 0.2) is 27.4 Å². The van der Waals surface area contributed by atoms with Gasteiger partial charge in [-0.25, -0.2) is 4.79 Å². The molecule has 5 heteroatoms. The van der Waals surface area contributed by atoms with Crippen molar-refractivity contribution < 1.29 is 9.21 Å². The molecule has 20 heavy (non-hydrogen) atoms. The molecule has 0 radical (unpaired) electrons. The number of aromatic nitrogens is 1. The Morgan fingerprint density at radius 2 is 2.15 bits per heavy atom. The van der Waals surface area contributed by atoms with Crippen molar-refractivity contribution in [3.63, 3.8) is 0 Å². The van der Waals surface area contributed by atoms with Gasteiger partial charge in [-0.1, -0.05) is 18.9 Å². The number of carbonyl (C=O) groups is 1. The smallest absolute Gasteiger partial charge is 0.408 e. The zero-order valence-corrected chi connectivity index (χ0v) is 11.5. The van der Waals surface area contributed by atoms with E-state index in [0.29, 0.717) is 12.1 Å². The van der Waals surface area contributed by atoms with Gasteiger partial charge in [-0.2, -0.15) is 0 Å². The van der Waals surface area contributed by atoms with Crippen LogP contribution in [-0.2, 0) is 18.4 Å². The van der Waals surface area contributed by atoms with Gasteiger partial charge in [-0.15, -0.1) is 0 Å². The Hall–Kier alpha value is -2.04. The molecule has 1 aromatic carbocycles. The summed E-state index contributed by atoms with van der Waals surface area (Å²) in [6.07, 6.45) is 4.31. The van der Waals surface area contributed by atoms with E-state index in [0.717, 1.165) is 36.8 Å². The lowest BCUT2D eigenvalue weighted by molar-refractivity contribution is -0.124. The molecule has 2 aromatic rings. The summed E-state index contributed by atoms with van der Waals surface area (Å²) >= 11 is 0. The average Bonchev–Trinajstić information content (AvgIpc) is 3.07. The van der Waals surface area contributed by atoms with E-state index in [9.17, 15) is 9.59 Å². The number of fused-ring (bicyclic) bond motifs is 1. The number of nitrogens with zero attached hydrogens (tertiary/aromatic N) is 1. The summed E-state index contributed by atoms with van der Waals surface area (Å²) in [6, 6.07) is 5.53. The van der Waals surface area contributed by atoms with Crippen LogP contribution in [-0.4, -0.2) is 10.5 Å². The zero-order chi connectivity index (χ0) is 14.1. The minimum atomic E-state index is -0.368. The number of hydrogen-bond donors (Lipinski definition) is 1. The van der Waals surface area contributed by atoms with E-state index in [-0.39, 0.29) is 17.6 Å². The summed E-state index contributed by atoms with van der Waals surface area (Å²) in [5, 5.41) is 2.97. The van der Waals surface area contributed by atoms with E-state index in [1.165, 1.54) is 4.57 Å². The van der Waals surface area contributed by atoms with E-state index in [2.05, 4.69) is 5.32 Å². The number of amides is 1. The molecule has 1 aliphatic rings. The van der Waals surface area contributed by atoms with Crippen LogP contribution in [0.3, 0.4) is 0 Å². The topological polar surface area (TPSA) is 64.2 Å². The maximum atomic E-state index is 12.0. The average molecular weight is 274 g/mol. The van der Waals surface area contributed by atoms with Crippen molar-refractivity contribution in [1.82, 2.24) is 9.88 Å². The van der Waals surface area contributed by atoms with Crippen LogP contribution in [0, 0.1) is 5.92 Å². The van der Waals surface area contributed by atoms with Gasteiger partial charge in [0.05, 0.1) is 5.52 Å².